The van der Waals surface area contributed by atoms with E-state index in [-0.39, 0.29) is 0 Å². The molecule has 2 aromatic carbocycles. The molecule has 0 radical (unpaired) electrons. The third-order valence-corrected chi connectivity index (χ3v) is 3.45. The van der Waals surface area contributed by atoms with Crippen LogP contribution in [0.1, 0.15) is 6.92 Å². The lowest BCUT2D eigenvalue weighted by molar-refractivity contribution is 1.02. The molecule has 3 heteroatoms. The van der Waals surface area contributed by atoms with Crippen LogP contribution >= 0.6 is 0 Å². The molecule has 0 aliphatic carbocycles. The number of aryl methyl sites for hydroxylation is 1. The van der Waals surface area contributed by atoms with Crippen LogP contribution in [-0.2, 0) is 7.05 Å². The first-order valence-corrected chi connectivity index (χ1v) is 6.23. The van der Waals surface area contributed by atoms with Crippen LogP contribution in [0.25, 0.3) is 21.8 Å². The Morgan fingerprint density at radius 3 is 2.72 bits per heavy atom. The Morgan fingerprint density at radius 2 is 1.94 bits per heavy atom. The van der Waals surface area contributed by atoms with Gasteiger partial charge < -0.3 is 15.6 Å². The summed E-state index contributed by atoms with van der Waals surface area (Å²) in [6.07, 6.45) is 0. The van der Waals surface area contributed by atoms with Gasteiger partial charge in [0.05, 0.1) is 11.2 Å². The smallest absolute Gasteiger partial charge is 0.0743 e. The monoisotopic (exact) mass is 239 g/mol. The van der Waals surface area contributed by atoms with E-state index in [1.807, 2.05) is 6.07 Å². The number of fused-ring (bicyclic) bond motifs is 3. The van der Waals surface area contributed by atoms with E-state index in [9.17, 15) is 0 Å². The number of nitrogens with one attached hydrogen (secondary N) is 1. The summed E-state index contributed by atoms with van der Waals surface area (Å²) in [7, 11) is 2.07. The van der Waals surface area contributed by atoms with Gasteiger partial charge in [0.25, 0.3) is 0 Å². The van der Waals surface area contributed by atoms with Crippen molar-refractivity contribution >= 4 is 33.2 Å². The number of rotatable bonds is 2. The van der Waals surface area contributed by atoms with Gasteiger partial charge in [-0.2, -0.15) is 0 Å². The fraction of sp³-hybridized carbons (Fsp3) is 0.200. The highest BCUT2D eigenvalue weighted by atomic mass is 15.0. The van der Waals surface area contributed by atoms with Crippen molar-refractivity contribution in [3.05, 3.63) is 36.4 Å². The van der Waals surface area contributed by atoms with E-state index in [1.54, 1.807) is 0 Å². The van der Waals surface area contributed by atoms with Gasteiger partial charge in [0.15, 0.2) is 0 Å². The standard InChI is InChI=1S/C15H17N3/c1-3-17-12-9-8-11(16)15-14(12)10-6-4-5-7-13(10)18(15)2/h4-9,17H,3,16H2,1-2H3. The first-order chi connectivity index (χ1) is 8.74. The minimum Gasteiger partial charge on any atom is -0.397 e. The molecule has 3 N–H and O–H groups in total. The van der Waals surface area contributed by atoms with Crippen LogP contribution in [0.3, 0.4) is 0 Å². The number of anilines is 2. The van der Waals surface area contributed by atoms with Crippen LogP contribution in [0.15, 0.2) is 36.4 Å². The van der Waals surface area contributed by atoms with E-state index in [0.717, 1.165) is 23.4 Å². The zero-order valence-corrected chi connectivity index (χ0v) is 10.7. The molecular formula is C15H17N3. The molecule has 92 valence electrons. The predicted molar refractivity (Wildman–Crippen MR) is 79.0 cm³/mol. The number of aromatic nitrogens is 1. The Morgan fingerprint density at radius 1 is 1.17 bits per heavy atom. The number of nitrogens with two attached hydrogens (primary N) is 1. The average Bonchev–Trinajstić information content (AvgIpc) is 2.69. The van der Waals surface area contributed by atoms with Gasteiger partial charge in [0, 0.05) is 35.6 Å². The van der Waals surface area contributed by atoms with E-state index in [4.69, 9.17) is 5.73 Å². The minimum absolute atomic E-state index is 0.824. The number of nitrogens with zero attached hydrogens (tertiary/aromatic N) is 1. The fourth-order valence-electron chi connectivity index (χ4n) is 2.68. The molecule has 1 aromatic heterocycles. The molecule has 0 fully saturated rings. The highest BCUT2D eigenvalue weighted by Crippen LogP contribution is 2.36. The first kappa shape index (κ1) is 11.0. The molecule has 0 atom stereocenters. The summed E-state index contributed by atoms with van der Waals surface area (Å²) in [5, 5.41) is 5.88. The second-order valence-electron chi connectivity index (χ2n) is 4.53. The molecule has 0 unspecified atom stereocenters. The van der Waals surface area contributed by atoms with Crippen LogP contribution in [-0.4, -0.2) is 11.1 Å². The molecule has 18 heavy (non-hydrogen) atoms. The molecule has 0 spiro atoms. The molecule has 3 rings (SSSR count). The van der Waals surface area contributed by atoms with Gasteiger partial charge >= 0.3 is 0 Å². The van der Waals surface area contributed by atoms with Crippen molar-refractivity contribution in [1.82, 2.24) is 4.57 Å². The first-order valence-electron chi connectivity index (χ1n) is 6.23. The Labute approximate surface area is 106 Å². The van der Waals surface area contributed by atoms with E-state index in [0.29, 0.717) is 0 Å². The topological polar surface area (TPSA) is 43.0 Å². The van der Waals surface area contributed by atoms with Crippen molar-refractivity contribution in [1.29, 1.82) is 0 Å². The Balaban J connectivity index is 2.54. The molecule has 0 saturated heterocycles. The van der Waals surface area contributed by atoms with E-state index >= 15 is 0 Å². The van der Waals surface area contributed by atoms with Gasteiger partial charge in [0.2, 0.25) is 0 Å². The maximum Gasteiger partial charge on any atom is 0.0743 e. The lowest BCUT2D eigenvalue weighted by Gasteiger charge is -2.08. The molecule has 3 nitrogen and oxygen atoms in total. The SMILES string of the molecule is CCNc1ccc(N)c2c1c1ccccc1n2C. The zero-order chi connectivity index (χ0) is 12.7. The van der Waals surface area contributed by atoms with Crippen molar-refractivity contribution in [3.8, 4) is 0 Å². The molecule has 0 amide bonds. The Hall–Kier alpha value is -2.16. The predicted octanol–water partition coefficient (Wildman–Crippen LogP) is 3.35. The van der Waals surface area contributed by atoms with Gasteiger partial charge in [-0.1, -0.05) is 18.2 Å². The van der Waals surface area contributed by atoms with Crippen molar-refractivity contribution in [2.24, 2.45) is 7.05 Å². The summed E-state index contributed by atoms with van der Waals surface area (Å²) in [6.45, 7) is 3.01. The summed E-state index contributed by atoms with van der Waals surface area (Å²) in [5.74, 6) is 0. The lowest BCUT2D eigenvalue weighted by atomic mass is 10.1. The van der Waals surface area contributed by atoms with E-state index < -0.39 is 0 Å². The van der Waals surface area contributed by atoms with Gasteiger partial charge in [-0.3, -0.25) is 0 Å². The zero-order valence-electron chi connectivity index (χ0n) is 10.7. The van der Waals surface area contributed by atoms with Crippen molar-refractivity contribution in [3.63, 3.8) is 0 Å². The van der Waals surface area contributed by atoms with Crippen LogP contribution in [0, 0.1) is 0 Å². The van der Waals surface area contributed by atoms with Crippen molar-refractivity contribution in [2.45, 2.75) is 6.92 Å². The minimum atomic E-state index is 0.824. The molecule has 0 aliphatic heterocycles. The van der Waals surface area contributed by atoms with Crippen molar-refractivity contribution in [2.75, 3.05) is 17.6 Å². The highest BCUT2D eigenvalue weighted by molar-refractivity contribution is 6.17. The van der Waals surface area contributed by atoms with Gasteiger partial charge in [-0.05, 0) is 25.1 Å². The third-order valence-electron chi connectivity index (χ3n) is 3.45. The normalized spacial score (nSPS) is 11.2. The molecule has 0 bridgehead atoms. The van der Waals surface area contributed by atoms with Gasteiger partial charge in [-0.25, -0.2) is 0 Å². The number of hydrogen-bond donors (Lipinski definition) is 2. The Kier molecular flexibility index (Phi) is 2.40. The van der Waals surface area contributed by atoms with E-state index in [2.05, 4.69) is 54.2 Å². The molecule has 0 aliphatic rings. The van der Waals surface area contributed by atoms with Crippen LogP contribution < -0.4 is 11.1 Å². The summed E-state index contributed by atoms with van der Waals surface area (Å²) < 4.78 is 2.17. The quantitative estimate of drug-likeness (QED) is 0.673. The fourth-order valence-corrected chi connectivity index (χ4v) is 2.68. The summed E-state index contributed by atoms with van der Waals surface area (Å²) in [5.41, 5.74) is 10.4. The maximum atomic E-state index is 6.14. The van der Waals surface area contributed by atoms with Crippen LogP contribution in [0.5, 0.6) is 0 Å². The highest BCUT2D eigenvalue weighted by Gasteiger charge is 2.13. The Bertz CT molecular complexity index is 725. The number of nitrogen functional groups attached to an aromatic ring is 1. The third kappa shape index (κ3) is 1.37. The average molecular weight is 239 g/mol. The van der Waals surface area contributed by atoms with Gasteiger partial charge in [-0.15, -0.1) is 0 Å². The van der Waals surface area contributed by atoms with Gasteiger partial charge in [0.1, 0.15) is 0 Å². The van der Waals surface area contributed by atoms with Crippen LogP contribution in [0.4, 0.5) is 11.4 Å². The maximum absolute atomic E-state index is 6.14. The largest absolute Gasteiger partial charge is 0.397 e. The molecule has 1 heterocycles. The van der Waals surface area contributed by atoms with Crippen LogP contribution in [0.2, 0.25) is 0 Å². The number of hydrogen-bond acceptors (Lipinski definition) is 2. The second-order valence-corrected chi connectivity index (χ2v) is 4.53. The second kappa shape index (κ2) is 3.95. The summed E-state index contributed by atoms with van der Waals surface area (Å²) in [6, 6.07) is 12.4. The molecular weight excluding hydrogens is 222 g/mol. The van der Waals surface area contributed by atoms with Crippen molar-refractivity contribution < 1.29 is 0 Å². The molecule has 3 aromatic rings. The summed E-state index contributed by atoms with van der Waals surface area (Å²) in [4.78, 5) is 0. The number of para-hydroxylation sites is 1. The summed E-state index contributed by atoms with van der Waals surface area (Å²) >= 11 is 0. The van der Waals surface area contributed by atoms with E-state index in [1.165, 1.54) is 16.3 Å². The molecule has 0 saturated carbocycles. The number of benzene rings is 2. The lowest BCUT2D eigenvalue weighted by Crippen LogP contribution is -1.99.